The smallest absolute Gasteiger partial charge is 0.335 e. The van der Waals surface area contributed by atoms with Crippen molar-refractivity contribution in [1.82, 2.24) is 4.90 Å². The first-order valence-electron chi connectivity index (χ1n) is 11.8. The van der Waals surface area contributed by atoms with Gasteiger partial charge in [-0.15, -0.1) is 0 Å². The Morgan fingerprint density at radius 2 is 1.89 bits per heavy atom. The topological polar surface area (TPSA) is 88.4 Å². The molecule has 0 aliphatic carbocycles. The van der Waals surface area contributed by atoms with Crippen LogP contribution in [0.25, 0.3) is 6.08 Å². The van der Waals surface area contributed by atoms with Crippen LogP contribution in [-0.2, 0) is 11.4 Å². The Morgan fingerprint density at radius 1 is 1.13 bits per heavy atom. The fourth-order valence-electron chi connectivity index (χ4n) is 3.65. The average Bonchev–Trinajstić information content (AvgIpc) is 3.18. The summed E-state index contributed by atoms with van der Waals surface area (Å²) in [5, 5.41) is 10.4. The van der Waals surface area contributed by atoms with Crippen LogP contribution in [0.15, 0.2) is 70.6 Å². The van der Waals surface area contributed by atoms with E-state index in [4.69, 9.17) is 21.1 Å². The molecule has 0 saturated carbocycles. The third-order valence-electron chi connectivity index (χ3n) is 5.45. The molecule has 0 aromatic heterocycles. The number of ether oxygens (including phenoxy) is 2. The number of likely N-dealkylation sites (N-methyl/N-ethyl adjacent to an activating group) is 1. The van der Waals surface area contributed by atoms with Crippen LogP contribution in [0.4, 0.5) is 5.69 Å². The summed E-state index contributed by atoms with van der Waals surface area (Å²) in [5.74, 6) is 0.0187. The van der Waals surface area contributed by atoms with E-state index in [1.807, 2.05) is 50.2 Å². The third kappa shape index (κ3) is 6.69. The van der Waals surface area contributed by atoms with Crippen LogP contribution in [0.2, 0.25) is 5.02 Å². The minimum absolute atomic E-state index is 0.136. The van der Waals surface area contributed by atoms with Crippen LogP contribution < -0.4 is 9.47 Å². The zero-order valence-electron chi connectivity index (χ0n) is 20.6. The monoisotopic (exact) mass is 662 g/mol. The molecule has 1 saturated heterocycles. The van der Waals surface area contributed by atoms with E-state index in [-0.39, 0.29) is 11.5 Å². The van der Waals surface area contributed by atoms with Gasteiger partial charge in [-0.1, -0.05) is 29.8 Å². The Balaban J connectivity index is 1.61. The standard InChI is InChI=1S/C28H24ClIN2O5S/c1-3-32-26(33)24(38-28(32)31-21-7-5-6-19(15-21)27(34)35)14-18-12-22(30)25(23(13-18)36-4-2)37-16-17-8-10-20(29)11-9-17/h5-15H,3-4,16H2,1-2H3,(H,34,35)/b24-14-,31-28?. The molecule has 3 aromatic rings. The van der Waals surface area contributed by atoms with Crippen LogP contribution in [0.3, 0.4) is 0 Å². The van der Waals surface area contributed by atoms with Crippen molar-refractivity contribution in [1.29, 1.82) is 0 Å². The van der Waals surface area contributed by atoms with Gasteiger partial charge in [0.1, 0.15) is 6.61 Å². The Morgan fingerprint density at radius 3 is 2.58 bits per heavy atom. The molecule has 1 fully saturated rings. The first kappa shape index (κ1) is 28.0. The predicted octanol–water partition coefficient (Wildman–Crippen LogP) is 7.24. The van der Waals surface area contributed by atoms with E-state index in [0.29, 0.717) is 52.0 Å². The zero-order chi connectivity index (χ0) is 27.2. The van der Waals surface area contributed by atoms with Crippen molar-refractivity contribution in [3.05, 3.63) is 90.9 Å². The lowest BCUT2D eigenvalue weighted by Crippen LogP contribution is -2.28. The maximum absolute atomic E-state index is 13.2. The SMILES string of the molecule is CCOc1cc(/C=C2\SC(=Nc3cccc(C(=O)O)c3)N(CC)C2=O)cc(I)c1OCc1ccc(Cl)cc1. The number of rotatable bonds is 9. The van der Waals surface area contributed by atoms with Crippen LogP contribution in [0.5, 0.6) is 11.5 Å². The summed E-state index contributed by atoms with van der Waals surface area (Å²) in [6.07, 6.45) is 1.81. The number of hydrogen-bond acceptors (Lipinski definition) is 6. The average molecular weight is 663 g/mol. The lowest BCUT2D eigenvalue weighted by molar-refractivity contribution is -0.122. The highest BCUT2D eigenvalue weighted by atomic mass is 127. The van der Waals surface area contributed by atoms with E-state index in [1.165, 1.54) is 23.9 Å². The number of hydrogen-bond donors (Lipinski definition) is 1. The molecule has 0 bridgehead atoms. The van der Waals surface area contributed by atoms with Gasteiger partial charge in [-0.2, -0.15) is 0 Å². The third-order valence-corrected chi connectivity index (χ3v) is 7.51. The molecular weight excluding hydrogens is 639 g/mol. The number of nitrogens with zero attached hydrogens (tertiary/aromatic N) is 2. The van der Waals surface area contributed by atoms with Crippen molar-refractivity contribution >= 4 is 74.8 Å². The second-order valence-corrected chi connectivity index (χ2v) is 10.7. The molecule has 1 aliphatic rings. The quantitative estimate of drug-likeness (QED) is 0.192. The molecule has 196 valence electrons. The van der Waals surface area contributed by atoms with Gasteiger partial charge in [0.25, 0.3) is 5.91 Å². The first-order valence-corrected chi connectivity index (χ1v) is 14.0. The van der Waals surface area contributed by atoms with E-state index in [0.717, 1.165) is 14.7 Å². The summed E-state index contributed by atoms with van der Waals surface area (Å²) in [6, 6.07) is 17.6. The molecule has 3 aromatic carbocycles. The van der Waals surface area contributed by atoms with Crippen LogP contribution >= 0.6 is 46.0 Å². The number of amides is 1. The van der Waals surface area contributed by atoms with Crippen LogP contribution in [0.1, 0.15) is 35.3 Å². The maximum Gasteiger partial charge on any atom is 0.335 e. The number of halogens is 2. The molecule has 7 nitrogen and oxygen atoms in total. The van der Waals surface area contributed by atoms with Crippen molar-refractivity contribution < 1.29 is 24.2 Å². The fraction of sp³-hybridized carbons (Fsp3) is 0.179. The number of carboxylic acids is 1. The zero-order valence-corrected chi connectivity index (χ0v) is 24.3. The number of aliphatic imine (C=N–C) groups is 1. The van der Waals surface area contributed by atoms with Crippen molar-refractivity contribution in [2.75, 3.05) is 13.2 Å². The van der Waals surface area contributed by atoms with Gasteiger partial charge in [-0.25, -0.2) is 9.79 Å². The number of carbonyl (C=O) groups is 2. The summed E-state index contributed by atoms with van der Waals surface area (Å²) in [6.45, 7) is 5.01. The normalized spacial score (nSPS) is 15.4. The van der Waals surface area contributed by atoms with Crippen LogP contribution in [0, 0.1) is 3.57 Å². The number of benzene rings is 3. The number of carbonyl (C=O) groups excluding carboxylic acids is 1. The summed E-state index contributed by atoms with van der Waals surface area (Å²) in [5.41, 5.74) is 2.37. The van der Waals surface area contributed by atoms with Gasteiger partial charge in [0.15, 0.2) is 16.7 Å². The van der Waals surface area contributed by atoms with E-state index in [9.17, 15) is 14.7 Å². The largest absolute Gasteiger partial charge is 0.490 e. The van der Waals surface area contributed by atoms with Crippen molar-refractivity contribution in [3.63, 3.8) is 0 Å². The van der Waals surface area contributed by atoms with Crippen molar-refractivity contribution in [2.45, 2.75) is 20.5 Å². The van der Waals surface area contributed by atoms with Gasteiger partial charge in [0.05, 0.1) is 26.3 Å². The maximum atomic E-state index is 13.2. The molecule has 4 rings (SSSR count). The minimum Gasteiger partial charge on any atom is -0.490 e. The highest BCUT2D eigenvalue weighted by Crippen LogP contribution is 2.38. The Kier molecular flexibility index (Phi) is 9.35. The molecular formula is C28H24ClIN2O5S. The van der Waals surface area contributed by atoms with Gasteiger partial charge in [0, 0.05) is 11.6 Å². The second kappa shape index (κ2) is 12.7. The van der Waals surface area contributed by atoms with E-state index >= 15 is 0 Å². The van der Waals surface area contributed by atoms with Crippen LogP contribution in [-0.4, -0.2) is 40.2 Å². The molecule has 1 heterocycles. The summed E-state index contributed by atoms with van der Waals surface area (Å²) in [4.78, 5) is 31.1. The van der Waals surface area contributed by atoms with Gasteiger partial charge in [-0.3, -0.25) is 9.69 Å². The fourth-order valence-corrected chi connectivity index (χ4v) is 5.62. The minimum atomic E-state index is -1.03. The molecule has 1 amide bonds. The Bertz CT molecular complexity index is 1430. The van der Waals surface area contributed by atoms with E-state index < -0.39 is 5.97 Å². The van der Waals surface area contributed by atoms with E-state index in [2.05, 4.69) is 27.6 Å². The first-order chi connectivity index (χ1) is 18.3. The van der Waals surface area contributed by atoms with Crippen molar-refractivity contribution in [3.8, 4) is 11.5 Å². The molecule has 0 spiro atoms. The summed E-state index contributed by atoms with van der Waals surface area (Å²) < 4.78 is 12.8. The molecule has 38 heavy (non-hydrogen) atoms. The highest BCUT2D eigenvalue weighted by Gasteiger charge is 2.32. The predicted molar refractivity (Wildman–Crippen MR) is 160 cm³/mol. The summed E-state index contributed by atoms with van der Waals surface area (Å²) >= 11 is 9.43. The molecule has 1 aliphatic heterocycles. The molecule has 1 N–H and O–H groups in total. The van der Waals surface area contributed by atoms with Gasteiger partial charge < -0.3 is 14.6 Å². The lowest BCUT2D eigenvalue weighted by atomic mass is 10.1. The lowest BCUT2D eigenvalue weighted by Gasteiger charge is -2.15. The molecule has 0 unspecified atom stereocenters. The summed E-state index contributed by atoms with van der Waals surface area (Å²) in [7, 11) is 0. The molecule has 10 heteroatoms. The highest BCUT2D eigenvalue weighted by molar-refractivity contribution is 14.1. The Labute approximate surface area is 243 Å². The second-order valence-electron chi connectivity index (χ2n) is 8.09. The molecule has 0 atom stereocenters. The van der Waals surface area contributed by atoms with Gasteiger partial charge >= 0.3 is 5.97 Å². The van der Waals surface area contributed by atoms with Gasteiger partial charge in [-0.05, 0) is 108 Å². The molecule has 0 radical (unpaired) electrons. The number of aromatic carboxylic acids is 1. The Hall–Kier alpha value is -3.02. The number of amidine groups is 1. The number of carboxylic acid groups (broad SMARTS) is 1. The van der Waals surface area contributed by atoms with Gasteiger partial charge in [0.2, 0.25) is 0 Å². The number of thioether (sulfide) groups is 1. The van der Waals surface area contributed by atoms with E-state index in [1.54, 1.807) is 23.1 Å². The van der Waals surface area contributed by atoms with Crippen molar-refractivity contribution in [2.24, 2.45) is 4.99 Å².